The van der Waals surface area contributed by atoms with Crippen molar-refractivity contribution in [3.05, 3.63) is 54.1 Å². The van der Waals surface area contributed by atoms with Crippen molar-refractivity contribution in [2.75, 3.05) is 7.11 Å². The maximum atomic E-state index is 11.3. The molecule has 0 atom stereocenters. The van der Waals surface area contributed by atoms with Crippen LogP contribution in [0.4, 0.5) is 0 Å². The molecule has 0 saturated heterocycles. The third kappa shape index (κ3) is 2.63. The molecule has 0 amide bonds. The standard InChI is InChI=1S/C15H12O4/c1-19-13-5-3-2-4-12(13)10-6-8-11(9-7-10)14(16)15(17)18/h2-9H,1H3,(H,17,18). The van der Waals surface area contributed by atoms with Gasteiger partial charge in [0, 0.05) is 11.1 Å². The third-order valence-corrected chi connectivity index (χ3v) is 2.76. The van der Waals surface area contributed by atoms with E-state index in [-0.39, 0.29) is 5.56 Å². The Morgan fingerprint density at radius 1 is 1.00 bits per heavy atom. The van der Waals surface area contributed by atoms with Crippen LogP contribution in [0.1, 0.15) is 10.4 Å². The van der Waals surface area contributed by atoms with E-state index in [0.717, 1.165) is 16.9 Å². The molecular formula is C15H12O4. The predicted octanol–water partition coefficient (Wildman–Crippen LogP) is 2.63. The minimum Gasteiger partial charge on any atom is -0.496 e. The van der Waals surface area contributed by atoms with Gasteiger partial charge in [-0.15, -0.1) is 0 Å². The van der Waals surface area contributed by atoms with Crippen LogP contribution in [0.5, 0.6) is 5.75 Å². The first kappa shape index (κ1) is 12.8. The summed E-state index contributed by atoms with van der Waals surface area (Å²) in [5.74, 6) is -1.64. The van der Waals surface area contributed by atoms with Crippen LogP contribution < -0.4 is 4.74 Å². The first-order chi connectivity index (χ1) is 9.13. The zero-order valence-corrected chi connectivity index (χ0v) is 10.3. The van der Waals surface area contributed by atoms with E-state index in [1.165, 1.54) is 12.1 Å². The van der Waals surface area contributed by atoms with Gasteiger partial charge >= 0.3 is 5.97 Å². The highest BCUT2D eigenvalue weighted by molar-refractivity contribution is 6.39. The quantitative estimate of drug-likeness (QED) is 0.674. The Labute approximate surface area is 110 Å². The Balaban J connectivity index is 2.38. The number of benzene rings is 2. The molecule has 0 aliphatic carbocycles. The van der Waals surface area contributed by atoms with Crippen LogP contribution in [0.3, 0.4) is 0 Å². The van der Waals surface area contributed by atoms with Crippen LogP contribution in [0.25, 0.3) is 11.1 Å². The lowest BCUT2D eigenvalue weighted by atomic mass is 10.0. The van der Waals surface area contributed by atoms with Crippen molar-refractivity contribution in [1.29, 1.82) is 0 Å². The van der Waals surface area contributed by atoms with Gasteiger partial charge in [-0.2, -0.15) is 0 Å². The molecule has 19 heavy (non-hydrogen) atoms. The van der Waals surface area contributed by atoms with Gasteiger partial charge in [0.2, 0.25) is 0 Å². The lowest BCUT2D eigenvalue weighted by Gasteiger charge is -2.08. The van der Waals surface area contributed by atoms with Crippen molar-refractivity contribution in [2.24, 2.45) is 0 Å². The van der Waals surface area contributed by atoms with Crippen molar-refractivity contribution < 1.29 is 19.4 Å². The number of para-hydroxylation sites is 1. The molecule has 0 saturated carbocycles. The van der Waals surface area contributed by atoms with Crippen molar-refractivity contribution in [1.82, 2.24) is 0 Å². The van der Waals surface area contributed by atoms with Gasteiger partial charge in [0.05, 0.1) is 7.11 Å². The maximum Gasteiger partial charge on any atom is 0.377 e. The molecule has 0 aliphatic heterocycles. The Kier molecular flexibility index (Phi) is 3.61. The number of carboxylic acid groups (broad SMARTS) is 1. The van der Waals surface area contributed by atoms with Crippen LogP contribution in [0, 0.1) is 0 Å². The van der Waals surface area contributed by atoms with Gasteiger partial charge in [-0.1, -0.05) is 42.5 Å². The third-order valence-electron chi connectivity index (χ3n) is 2.76. The van der Waals surface area contributed by atoms with Crippen molar-refractivity contribution >= 4 is 11.8 Å². The number of hydrogen-bond acceptors (Lipinski definition) is 3. The van der Waals surface area contributed by atoms with E-state index in [1.54, 1.807) is 19.2 Å². The number of carbonyl (C=O) groups is 2. The summed E-state index contributed by atoms with van der Waals surface area (Å²) in [4.78, 5) is 21.9. The summed E-state index contributed by atoms with van der Waals surface area (Å²) in [5.41, 5.74) is 1.91. The summed E-state index contributed by atoms with van der Waals surface area (Å²) in [6.45, 7) is 0. The fraction of sp³-hybridized carbons (Fsp3) is 0.0667. The number of rotatable bonds is 4. The second kappa shape index (κ2) is 5.35. The van der Waals surface area contributed by atoms with E-state index >= 15 is 0 Å². The Hall–Kier alpha value is -2.62. The normalized spacial score (nSPS) is 9.95. The SMILES string of the molecule is COc1ccccc1-c1ccc(C(=O)C(=O)O)cc1. The minimum absolute atomic E-state index is 0.158. The minimum atomic E-state index is -1.45. The van der Waals surface area contributed by atoms with E-state index in [4.69, 9.17) is 9.84 Å². The van der Waals surface area contributed by atoms with Crippen molar-refractivity contribution in [3.63, 3.8) is 0 Å². The molecule has 0 aliphatic rings. The Bertz CT molecular complexity index is 614. The number of Topliss-reactive ketones (excluding diaryl/α,β-unsaturated/α-hetero) is 1. The summed E-state index contributed by atoms with van der Waals surface area (Å²) in [6.07, 6.45) is 0. The number of ether oxygens (including phenoxy) is 1. The van der Waals surface area contributed by atoms with Crippen LogP contribution in [-0.2, 0) is 4.79 Å². The average Bonchev–Trinajstić information content (AvgIpc) is 2.46. The number of ketones is 1. The molecule has 2 rings (SSSR count). The first-order valence-corrected chi connectivity index (χ1v) is 5.64. The first-order valence-electron chi connectivity index (χ1n) is 5.64. The summed E-state index contributed by atoms with van der Waals surface area (Å²) < 4.78 is 5.25. The summed E-state index contributed by atoms with van der Waals surface area (Å²) in [6, 6.07) is 13.9. The lowest BCUT2D eigenvalue weighted by molar-refractivity contribution is -0.131. The zero-order valence-electron chi connectivity index (χ0n) is 10.3. The maximum absolute atomic E-state index is 11.3. The average molecular weight is 256 g/mol. The Morgan fingerprint density at radius 3 is 2.21 bits per heavy atom. The Morgan fingerprint density at radius 2 is 1.63 bits per heavy atom. The number of hydrogen-bond donors (Lipinski definition) is 1. The fourth-order valence-corrected chi connectivity index (χ4v) is 1.81. The summed E-state index contributed by atoms with van der Waals surface area (Å²) in [5, 5.41) is 8.63. The highest BCUT2D eigenvalue weighted by atomic mass is 16.5. The largest absolute Gasteiger partial charge is 0.496 e. The van der Waals surface area contributed by atoms with Gasteiger partial charge in [0.1, 0.15) is 5.75 Å². The van der Waals surface area contributed by atoms with E-state index in [2.05, 4.69) is 0 Å². The monoisotopic (exact) mass is 256 g/mol. The predicted molar refractivity (Wildman–Crippen MR) is 70.4 cm³/mol. The highest BCUT2D eigenvalue weighted by Gasteiger charge is 2.14. The van der Waals surface area contributed by atoms with Gasteiger partial charge in [-0.25, -0.2) is 4.79 Å². The van der Waals surface area contributed by atoms with Crippen LogP contribution in [-0.4, -0.2) is 24.0 Å². The van der Waals surface area contributed by atoms with E-state index in [0.29, 0.717) is 0 Å². The molecule has 0 heterocycles. The molecule has 0 unspecified atom stereocenters. The smallest absolute Gasteiger partial charge is 0.377 e. The van der Waals surface area contributed by atoms with Gasteiger partial charge in [-0.3, -0.25) is 4.79 Å². The molecule has 0 aromatic heterocycles. The fourth-order valence-electron chi connectivity index (χ4n) is 1.81. The van der Waals surface area contributed by atoms with Crippen molar-refractivity contribution in [3.8, 4) is 16.9 Å². The van der Waals surface area contributed by atoms with Crippen LogP contribution >= 0.6 is 0 Å². The van der Waals surface area contributed by atoms with Crippen LogP contribution in [0.2, 0.25) is 0 Å². The molecule has 0 radical (unpaired) electrons. The second-order valence-corrected chi connectivity index (χ2v) is 3.91. The molecule has 0 fully saturated rings. The summed E-state index contributed by atoms with van der Waals surface area (Å²) in [7, 11) is 1.58. The van der Waals surface area contributed by atoms with Gasteiger partial charge in [0.25, 0.3) is 5.78 Å². The molecule has 96 valence electrons. The molecule has 2 aromatic carbocycles. The van der Waals surface area contributed by atoms with Gasteiger partial charge < -0.3 is 9.84 Å². The number of methoxy groups -OCH3 is 1. The molecule has 1 N–H and O–H groups in total. The second-order valence-electron chi connectivity index (χ2n) is 3.91. The van der Waals surface area contributed by atoms with E-state index < -0.39 is 11.8 Å². The lowest BCUT2D eigenvalue weighted by Crippen LogP contribution is -2.12. The number of aliphatic carboxylic acids is 1. The van der Waals surface area contributed by atoms with E-state index in [9.17, 15) is 9.59 Å². The molecule has 4 nitrogen and oxygen atoms in total. The van der Waals surface area contributed by atoms with Gasteiger partial charge in [-0.05, 0) is 11.6 Å². The molecule has 4 heteroatoms. The van der Waals surface area contributed by atoms with Gasteiger partial charge in [0.15, 0.2) is 0 Å². The summed E-state index contributed by atoms with van der Waals surface area (Å²) >= 11 is 0. The highest BCUT2D eigenvalue weighted by Crippen LogP contribution is 2.29. The van der Waals surface area contributed by atoms with Crippen LogP contribution in [0.15, 0.2) is 48.5 Å². The number of carboxylic acids is 1. The molecule has 0 bridgehead atoms. The molecular weight excluding hydrogens is 244 g/mol. The molecule has 2 aromatic rings. The zero-order chi connectivity index (χ0) is 13.8. The topological polar surface area (TPSA) is 63.6 Å². The molecule has 0 spiro atoms. The van der Waals surface area contributed by atoms with Crippen molar-refractivity contribution in [2.45, 2.75) is 0 Å². The van der Waals surface area contributed by atoms with E-state index in [1.807, 2.05) is 24.3 Å². The number of carbonyl (C=O) groups excluding carboxylic acids is 1.